The van der Waals surface area contributed by atoms with Crippen molar-refractivity contribution in [2.24, 2.45) is 5.92 Å². The highest BCUT2D eigenvalue weighted by molar-refractivity contribution is 5.75. The summed E-state index contributed by atoms with van der Waals surface area (Å²) >= 11 is 0. The van der Waals surface area contributed by atoms with Crippen molar-refractivity contribution in [1.82, 2.24) is 15.0 Å². The molecule has 0 saturated heterocycles. The highest BCUT2D eigenvalue weighted by Gasteiger charge is 2.19. The minimum Gasteiger partial charge on any atom is -0.421 e. The van der Waals surface area contributed by atoms with E-state index < -0.39 is 5.82 Å². The number of nitrogens with zero attached hydrogens (tertiary/aromatic N) is 3. The Morgan fingerprint density at radius 1 is 1.00 bits per heavy atom. The molecule has 0 aliphatic rings. The Morgan fingerprint density at radius 2 is 1.72 bits per heavy atom. The number of para-hydroxylation sites is 1. The molecule has 0 aliphatic carbocycles. The lowest BCUT2D eigenvalue weighted by molar-refractivity contribution is 0.407. The molecule has 2 aromatic carbocycles. The van der Waals surface area contributed by atoms with Crippen LogP contribution in [0.5, 0.6) is 11.8 Å². The van der Waals surface area contributed by atoms with Crippen LogP contribution in [0.4, 0.5) is 4.39 Å². The monoisotopic (exact) mass is 391 g/mol. The molecule has 2 heterocycles. The number of aromatic nitrogens is 3. The van der Waals surface area contributed by atoms with Crippen molar-refractivity contribution in [3.63, 3.8) is 0 Å². The molecule has 0 spiro atoms. The molecular weight excluding hydrogens is 369 g/mol. The molecule has 0 saturated carbocycles. The molecule has 4 aromatic rings. The van der Waals surface area contributed by atoms with Crippen LogP contribution < -0.4 is 4.74 Å². The topological polar surface area (TPSA) is 61.0 Å². The van der Waals surface area contributed by atoms with Gasteiger partial charge in [-0.1, -0.05) is 43.2 Å². The van der Waals surface area contributed by atoms with Gasteiger partial charge in [0.25, 0.3) is 5.71 Å². The van der Waals surface area contributed by atoms with E-state index >= 15 is 0 Å². The largest absolute Gasteiger partial charge is 0.421 e. The van der Waals surface area contributed by atoms with Gasteiger partial charge >= 0.3 is 6.01 Å². The number of fused-ring (bicyclic) bond motifs is 1. The van der Waals surface area contributed by atoms with Crippen molar-refractivity contribution in [2.45, 2.75) is 34.1 Å². The van der Waals surface area contributed by atoms with Crippen LogP contribution in [0.3, 0.4) is 0 Å². The maximum absolute atomic E-state index is 14.0. The minimum absolute atomic E-state index is 0.0429. The molecule has 4 rings (SSSR count). The molecule has 0 bridgehead atoms. The second-order valence-corrected chi connectivity index (χ2v) is 7.63. The molecule has 29 heavy (non-hydrogen) atoms. The van der Waals surface area contributed by atoms with Crippen molar-refractivity contribution in [2.75, 3.05) is 0 Å². The van der Waals surface area contributed by atoms with Gasteiger partial charge in [-0.2, -0.15) is 9.97 Å². The lowest BCUT2D eigenvalue weighted by Crippen LogP contribution is -2.02. The number of hydrogen-bond donors (Lipinski definition) is 0. The van der Waals surface area contributed by atoms with Crippen LogP contribution in [0.25, 0.3) is 22.7 Å². The molecule has 0 fully saturated rings. The van der Waals surface area contributed by atoms with Crippen molar-refractivity contribution in [1.29, 1.82) is 0 Å². The molecule has 0 N–H and O–H groups in total. The molecule has 148 valence electrons. The first-order chi connectivity index (χ1) is 13.9. The molecule has 0 radical (unpaired) electrons. The third-order valence-corrected chi connectivity index (χ3v) is 4.42. The van der Waals surface area contributed by atoms with Crippen LogP contribution in [-0.2, 0) is 6.42 Å². The Hall–Kier alpha value is -3.28. The minimum atomic E-state index is -0.477. The summed E-state index contributed by atoms with van der Waals surface area (Å²) < 4.78 is 25.6. The van der Waals surface area contributed by atoms with Gasteiger partial charge in [0.2, 0.25) is 5.89 Å². The average Bonchev–Trinajstić information content (AvgIpc) is 3.07. The fourth-order valence-electron chi connectivity index (χ4n) is 3.28. The number of ether oxygens (including phenoxy) is 1. The van der Waals surface area contributed by atoms with Gasteiger partial charge in [0, 0.05) is 5.56 Å². The first-order valence-corrected chi connectivity index (χ1v) is 9.57. The van der Waals surface area contributed by atoms with E-state index in [0.717, 1.165) is 22.4 Å². The van der Waals surface area contributed by atoms with Gasteiger partial charge in [-0.3, -0.25) is 0 Å². The number of benzene rings is 2. The molecule has 0 atom stereocenters. The van der Waals surface area contributed by atoms with Crippen LogP contribution in [0.1, 0.15) is 30.7 Å². The molecule has 6 heteroatoms. The van der Waals surface area contributed by atoms with Crippen molar-refractivity contribution >= 4 is 11.2 Å². The number of halogens is 1. The summed E-state index contributed by atoms with van der Waals surface area (Å²) in [5.74, 6) is 0.413. The van der Waals surface area contributed by atoms with Gasteiger partial charge in [-0.05, 0) is 50.5 Å². The second-order valence-electron chi connectivity index (χ2n) is 7.63. The van der Waals surface area contributed by atoms with E-state index in [1.165, 1.54) is 12.1 Å². The molecule has 5 nitrogen and oxygen atoms in total. The maximum Gasteiger partial charge on any atom is 0.325 e. The van der Waals surface area contributed by atoms with Crippen LogP contribution in [0.2, 0.25) is 0 Å². The van der Waals surface area contributed by atoms with Crippen molar-refractivity contribution in [3.05, 3.63) is 65.1 Å². The Morgan fingerprint density at radius 3 is 2.41 bits per heavy atom. The average molecular weight is 391 g/mol. The number of hydrogen-bond acceptors (Lipinski definition) is 5. The number of oxazole rings is 1. The van der Waals surface area contributed by atoms with E-state index in [9.17, 15) is 4.39 Å². The first kappa shape index (κ1) is 19.1. The summed E-state index contributed by atoms with van der Waals surface area (Å²) in [4.78, 5) is 13.5. The summed E-state index contributed by atoms with van der Waals surface area (Å²) in [7, 11) is 0. The first-order valence-electron chi connectivity index (χ1n) is 9.57. The van der Waals surface area contributed by atoms with Gasteiger partial charge in [-0.15, -0.1) is 0 Å². The number of rotatable bonds is 5. The Kier molecular flexibility index (Phi) is 5.01. The zero-order valence-electron chi connectivity index (χ0n) is 16.9. The summed E-state index contributed by atoms with van der Waals surface area (Å²) in [5.41, 5.74) is 4.78. The van der Waals surface area contributed by atoms with Crippen LogP contribution in [0.15, 0.2) is 46.9 Å². The summed E-state index contributed by atoms with van der Waals surface area (Å²) in [6.07, 6.45) is 0.672. The SMILES string of the molecule is Cc1cc(C)cc(-c2nc3c(CC(C)C)nc(Oc4ccccc4F)nc3o2)c1. The Bertz CT molecular complexity index is 1160. The summed E-state index contributed by atoms with van der Waals surface area (Å²) in [6, 6.07) is 12.3. The zero-order chi connectivity index (χ0) is 20.5. The summed E-state index contributed by atoms with van der Waals surface area (Å²) in [6.45, 7) is 8.25. The lowest BCUT2D eigenvalue weighted by Gasteiger charge is -2.08. The van der Waals surface area contributed by atoms with Gasteiger partial charge in [0.1, 0.15) is 0 Å². The Labute approximate surface area is 168 Å². The third-order valence-electron chi connectivity index (χ3n) is 4.42. The van der Waals surface area contributed by atoms with Crippen molar-refractivity contribution < 1.29 is 13.5 Å². The van der Waals surface area contributed by atoms with Gasteiger partial charge in [-0.25, -0.2) is 9.37 Å². The van der Waals surface area contributed by atoms with Crippen LogP contribution in [0, 0.1) is 25.6 Å². The van der Waals surface area contributed by atoms with E-state index in [2.05, 4.69) is 34.9 Å². The van der Waals surface area contributed by atoms with E-state index in [1.54, 1.807) is 12.1 Å². The van der Waals surface area contributed by atoms with Crippen LogP contribution in [-0.4, -0.2) is 15.0 Å². The van der Waals surface area contributed by atoms with E-state index in [4.69, 9.17) is 9.15 Å². The molecular formula is C23H22FN3O2. The standard InChI is InChI=1S/C23H22FN3O2/c1-13(2)9-18-20-22(27-23(25-18)28-19-8-6-5-7-17(19)24)29-21(26-20)16-11-14(3)10-15(4)12-16/h5-8,10-13H,9H2,1-4H3. The molecule has 2 aromatic heterocycles. The smallest absolute Gasteiger partial charge is 0.325 e. The van der Waals surface area contributed by atoms with Gasteiger partial charge in [0.15, 0.2) is 17.1 Å². The Balaban J connectivity index is 1.82. The van der Waals surface area contributed by atoms with Gasteiger partial charge < -0.3 is 9.15 Å². The van der Waals surface area contributed by atoms with Crippen LogP contribution >= 0.6 is 0 Å². The third kappa shape index (κ3) is 4.11. The fraction of sp³-hybridized carbons (Fsp3) is 0.261. The second kappa shape index (κ2) is 7.62. The van der Waals surface area contributed by atoms with E-state index in [-0.39, 0.29) is 11.8 Å². The maximum atomic E-state index is 14.0. The van der Waals surface area contributed by atoms with Gasteiger partial charge in [0.05, 0.1) is 5.69 Å². The predicted molar refractivity (Wildman–Crippen MR) is 110 cm³/mol. The highest BCUT2D eigenvalue weighted by atomic mass is 19.1. The number of aryl methyl sites for hydroxylation is 2. The fourth-order valence-corrected chi connectivity index (χ4v) is 3.28. The normalized spacial score (nSPS) is 11.4. The molecule has 0 unspecified atom stereocenters. The summed E-state index contributed by atoms with van der Waals surface area (Å²) in [5, 5.41) is 0. The van der Waals surface area contributed by atoms with Crippen molar-refractivity contribution in [3.8, 4) is 23.2 Å². The van der Waals surface area contributed by atoms with E-state index in [0.29, 0.717) is 29.5 Å². The zero-order valence-corrected chi connectivity index (χ0v) is 16.9. The molecule has 0 aliphatic heterocycles. The quantitative estimate of drug-likeness (QED) is 0.415. The molecule has 0 amide bonds. The lowest BCUT2D eigenvalue weighted by atomic mass is 10.1. The predicted octanol–water partition coefficient (Wildman–Crippen LogP) is 6.03. The highest BCUT2D eigenvalue weighted by Crippen LogP contribution is 2.30. The van der Waals surface area contributed by atoms with E-state index in [1.807, 2.05) is 26.0 Å².